The normalized spacial score (nSPS) is 20.3. The molecule has 1 aromatic heterocycles. The molecule has 0 amide bonds. The molecule has 0 bridgehead atoms. The Bertz CT molecular complexity index is 624. The number of nitrogens with zero attached hydrogens (tertiary/aromatic N) is 2. The van der Waals surface area contributed by atoms with Crippen molar-refractivity contribution in [3.05, 3.63) is 17.7 Å². The number of hydrogen-bond acceptors (Lipinski definition) is 6. The van der Waals surface area contributed by atoms with Crippen molar-refractivity contribution in [3.8, 4) is 5.88 Å². The van der Waals surface area contributed by atoms with Crippen LogP contribution in [0.5, 0.6) is 5.88 Å². The van der Waals surface area contributed by atoms with Crippen molar-refractivity contribution < 1.29 is 18.5 Å². The third kappa shape index (κ3) is 5.59. The molecule has 0 aromatic carbocycles. The molecule has 0 fully saturated rings. The van der Waals surface area contributed by atoms with E-state index in [4.69, 9.17) is 9.42 Å². The van der Waals surface area contributed by atoms with Gasteiger partial charge < -0.3 is 18.9 Å². The van der Waals surface area contributed by atoms with Crippen LogP contribution in [0, 0.1) is 5.92 Å². The van der Waals surface area contributed by atoms with Gasteiger partial charge in [0.25, 0.3) is 0 Å². The number of rotatable bonds is 6. The second-order valence-electron chi connectivity index (χ2n) is 7.61. The largest absolute Gasteiger partial charge is 0.598 e. The van der Waals surface area contributed by atoms with Gasteiger partial charge in [-0.2, -0.15) is 4.98 Å². The molecule has 0 aliphatic carbocycles. The number of nitrogens with one attached hydrogen (secondary N) is 1. The van der Waals surface area contributed by atoms with Crippen LogP contribution in [-0.4, -0.2) is 32.3 Å². The van der Waals surface area contributed by atoms with Crippen LogP contribution in [0.15, 0.2) is 12.1 Å². The molecule has 142 valence electrons. The van der Waals surface area contributed by atoms with Gasteiger partial charge in [-0.05, 0) is 39.2 Å². The highest BCUT2D eigenvalue weighted by Gasteiger charge is 2.34. The average molecular weight is 389 g/mol. The lowest BCUT2D eigenvalue weighted by atomic mass is 9.99. The molecule has 0 saturated heterocycles. The lowest BCUT2D eigenvalue weighted by Crippen LogP contribution is -2.45. The van der Waals surface area contributed by atoms with Gasteiger partial charge in [-0.3, -0.25) is 0 Å². The standard InChI is InChI=1S/C16H28N3O4PS/c1-11(2)10-19-9-8-13(18-25(22)16(3,4)5)12-6-7-14(17-15(12)19)23-24(20)21/h6-7,11,13,18,24H,8-10H2,1-5H3,(H,20,21). The van der Waals surface area contributed by atoms with Gasteiger partial charge in [0, 0.05) is 36.1 Å². The first-order valence-corrected chi connectivity index (χ1v) is 10.8. The van der Waals surface area contributed by atoms with Crippen LogP contribution in [0.2, 0.25) is 0 Å². The molecule has 2 rings (SSSR count). The fraction of sp³-hybridized carbons (Fsp3) is 0.688. The number of pyridine rings is 1. The molecule has 3 atom stereocenters. The Balaban J connectivity index is 2.32. The molecule has 1 aromatic rings. The lowest BCUT2D eigenvalue weighted by molar-refractivity contribution is 0.403. The summed E-state index contributed by atoms with van der Waals surface area (Å²) in [5.74, 6) is 1.31. The quantitative estimate of drug-likeness (QED) is 0.570. The summed E-state index contributed by atoms with van der Waals surface area (Å²) < 4.78 is 31.2. The molecule has 7 nitrogen and oxygen atoms in total. The van der Waals surface area contributed by atoms with Crippen LogP contribution in [0.1, 0.15) is 52.6 Å². The Kier molecular flexibility index (Phi) is 6.79. The lowest BCUT2D eigenvalue weighted by Gasteiger charge is -2.37. The molecule has 25 heavy (non-hydrogen) atoms. The van der Waals surface area contributed by atoms with E-state index >= 15 is 0 Å². The topological polar surface area (TPSA) is 97.8 Å². The molecule has 3 unspecified atom stereocenters. The summed E-state index contributed by atoms with van der Waals surface area (Å²) in [6.07, 6.45) is 0.819. The van der Waals surface area contributed by atoms with Crippen LogP contribution >= 0.6 is 8.25 Å². The molecule has 9 heteroatoms. The first kappa shape index (κ1) is 20.5. The molecular formula is C16H28N3O4PS. The molecule has 1 aliphatic heterocycles. The first-order valence-electron chi connectivity index (χ1n) is 8.42. The summed E-state index contributed by atoms with van der Waals surface area (Å²) in [6.45, 7) is 11.6. The van der Waals surface area contributed by atoms with E-state index < -0.39 is 19.6 Å². The molecule has 1 aliphatic rings. The summed E-state index contributed by atoms with van der Waals surface area (Å²) in [5, 5.41) is 0. The van der Waals surface area contributed by atoms with Gasteiger partial charge in [-0.15, -0.1) is 4.72 Å². The number of aromatic nitrogens is 1. The summed E-state index contributed by atoms with van der Waals surface area (Å²) in [5.41, 5.74) is 0.939. The average Bonchev–Trinajstić information content (AvgIpc) is 2.47. The smallest absolute Gasteiger partial charge is 0.366 e. The van der Waals surface area contributed by atoms with Crippen LogP contribution < -0.4 is 14.1 Å². The zero-order valence-corrected chi connectivity index (χ0v) is 17.2. The Morgan fingerprint density at radius 1 is 1.52 bits per heavy atom. The number of anilines is 1. The first-order chi connectivity index (χ1) is 11.6. The highest BCUT2D eigenvalue weighted by molar-refractivity contribution is 7.90. The van der Waals surface area contributed by atoms with E-state index in [0.29, 0.717) is 5.92 Å². The fourth-order valence-electron chi connectivity index (χ4n) is 2.71. The Hall–Kier alpha value is -0.790. The summed E-state index contributed by atoms with van der Waals surface area (Å²) in [6, 6.07) is 3.35. The van der Waals surface area contributed by atoms with Crippen molar-refractivity contribution in [2.24, 2.45) is 5.92 Å². The van der Waals surface area contributed by atoms with Crippen molar-refractivity contribution in [2.45, 2.75) is 51.8 Å². The minimum Gasteiger partial charge on any atom is -0.598 e. The predicted molar refractivity (Wildman–Crippen MR) is 102 cm³/mol. The van der Waals surface area contributed by atoms with E-state index in [-0.39, 0.29) is 16.7 Å². The van der Waals surface area contributed by atoms with Gasteiger partial charge >= 0.3 is 8.25 Å². The van der Waals surface area contributed by atoms with Crippen LogP contribution in [0.4, 0.5) is 5.82 Å². The maximum Gasteiger partial charge on any atom is 0.366 e. The van der Waals surface area contributed by atoms with Crippen molar-refractivity contribution in [1.29, 1.82) is 0 Å². The molecule has 0 saturated carbocycles. The van der Waals surface area contributed by atoms with E-state index in [9.17, 15) is 9.12 Å². The van der Waals surface area contributed by atoms with Crippen molar-refractivity contribution in [2.75, 3.05) is 18.0 Å². The SMILES string of the molecule is CC(C)CN1CCC(N[S+]([O-])C(C)(C)C)c2ccc(O[PH](=O)O)nc21. The monoisotopic (exact) mass is 389 g/mol. The minimum atomic E-state index is -3.10. The van der Waals surface area contributed by atoms with E-state index in [1.54, 1.807) is 6.07 Å². The molecule has 2 heterocycles. The zero-order chi connectivity index (χ0) is 18.8. The van der Waals surface area contributed by atoms with Gasteiger partial charge in [0.1, 0.15) is 10.6 Å². The maximum absolute atomic E-state index is 12.5. The van der Waals surface area contributed by atoms with E-state index in [1.165, 1.54) is 0 Å². The predicted octanol–water partition coefficient (Wildman–Crippen LogP) is 2.80. The second kappa shape index (κ2) is 8.27. The van der Waals surface area contributed by atoms with Gasteiger partial charge in [-0.1, -0.05) is 13.8 Å². The van der Waals surface area contributed by atoms with Crippen LogP contribution in [0.25, 0.3) is 0 Å². The third-order valence-electron chi connectivity index (χ3n) is 3.83. The summed E-state index contributed by atoms with van der Waals surface area (Å²) in [7, 11) is -3.10. The number of fused-ring (bicyclic) bond motifs is 1. The molecule has 0 spiro atoms. The fourth-order valence-corrected chi connectivity index (χ4v) is 3.86. The van der Waals surface area contributed by atoms with Crippen molar-refractivity contribution >= 4 is 25.4 Å². The van der Waals surface area contributed by atoms with Gasteiger partial charge in [0.2, 0.25) is 5.88 Å². The Morgan fingerprint density at radius 2 is 2.20 bits per heavy atom. The Labute approximate surface area is 153 Å². The van der Waals surface area contributed by atoms with Gasteiger partial charge in [0.05, 0.1) is 6.04 Å². The second-order valence-corrected chi connectivity index (χ2v) is 10.3. The Morgan fingerprint density at radius 3 is 2.76 bits per heavy atom. The van der Waals surface area contributed by atoms with Crippen LogP contribution in [0.3, 0.4) is 0 Å². The van der Waals surface area contributed by atoms with E-state index in [1.807, 2.05) is 26.8 Å². The summed E-state index contributed by atoms with van der Waals surface area (Å²) in [4.78, 5) is 15.6. The summed E-state index contributed by atoms with van der Waals surface area (Å²) >= 11 is -1.19. The molecular weight excluding hydrogens is 361 g/mol. The van der Waals surface area contributed by atoms with Gasteiger partial charge in [0.15, 0.2) is 0 Å². The minimum absolute atomic E-state index is 0.0776. The maximum atomic E-state index is 12.5. The highest BCUT2D eigenvalue weighted by atomic mass is 32.2. The van der Waals surface area contributed by atoms with E-state index in [0.717, 1.165) is 30.9 Å². The van der Waals surface area contributed by atoms with Crippen LogP contribution in [-0.2, 0) is 15.9 Å². The zero-order valence-electron chi connectivity index (χ0n) is 15.4. The number of hydrogen-bond donors (Lipinski definition) is 2. The van der Waals surface area contributed by atoms with Crippen molar-refractivity contribution in [1.82, 2.24) is 9.71 Å². The van der Waals surface area contributed by atoms with Crippen molar-refractivity contribution in [3.63, 3.8) is 0 Å². The third-order valence-corrected chi connectivity index (χ3v) is 5.82. The molecule has 2 N–H and O–H groups in total. The van der Waals surface area contributed by atoms with E-state index in [2.05, 4.69) is 28.5 Å². The highest BCUT2D eigenvalue weighted by Crippen LogP contribution is 2.36. The molecule has 0 radical (unpaired) electrons. The van der Waals surface area contributed by atoms with Gasteiger partial charge in [-0.25, -0.2) is 4.57 Å².